The zero-order valence-electron chi connectivity index (χ0n) is 14.0. The van der Waals surface area contributed by atoms with E-state index in [1.807, 2.05) is 39.8 Å². The Balaban J connectivity index is 3.18. The van der Waals surface area contributed by atoms with Crippen LogP contribution >= 0.6 is 0 Å². The zero-order valence-corrected chi connectivity index (χ0v) is 15.6. The Kier molecular flexibility index (Phi) is 5.54. The van der Waals surface area contributed by atoms with Crippen LogP contribution in [0.4, 0.5) is 0 Å². The first-order chi connectivity index (χ1) is 9.71. The van der Waals surface area contributed by atoms with E-state index in [0.29, 0.717) is 0 Å². The Hall–Kier alpha value is -0.440. The lowest BCUT2D eigenvalue weighted by atomic mass is 9.53. The lowest BCUT2D eigenvalue weighted by Crippen LogP contribution is -2.53. The molecule has 8 heteroatoms. The van der Waals surface area contributed by atoms with Crippen molar-refractivity contribution in [1.82, 2.24) is 0 Å². The quantitative estimate of drug-likeness (QED) is 0.534. The van der Waals surface area contributed by atoms with E-state index in [-0.39, 0.29) is 25.0 Å². The summed E-state index contributed by atoms with van der Waals surface area (Å²) in [7, 11) is -7.16. The lowest BCUT2D eigenvalue weighted by molar-refractivity contribution is -0.0707. The Morgan fingerprint density at radius 2 is 1.09 bits per heavy atom. The molecule has 0 amide bonds. The first-order valence-corrected chi connectivity index (χ1v) is 10.7. The maximum absolute atomic E-state index is 11.4. The van der Waals surface area contributed by atoms with Crippen LogP contribution in [0.1, 0.15) is 27.7 Å². The van der Waals surface area contributed by atoms with Crippen LogP contribution in [-0.2, 0) is 28.6 Å². The van der Waals surface area contributed by atoms with Gasteiger partial charge in [0.1, 0.15) is 0 Å². The summed E-state index contributed by atoms with van der Waals surface area (Å²) in [6.07, 6.45) is 6.04. The van der Waals surface area contributed by atoms with Crippen LogP contribution in [-0.4, -0.2) is 42.6 Å². The Labute approximate surface area is 134 Å². The molecule has 130 valence electrons. The van der Waals surface area contributed by atoms with Crippen molar-refractivity contribution in [2.75, 3.05) is 25.7 Å². The van der Waals surface area contributed by atoms with Gasteiger partial charge in [0.05, 0.1) is 25.7 Å². The van der Waals surface area contributed by atoms with Crippen molar-refractivity contribution in [1.29, 1.82) is 0 Å². The van der Waals surface area contributed by atoms with Gasteiger partial charge in [-0.25, -0.2) is 0 Å². The normalized spacial score (nSPS) is 36.5. The van der Waals surface area contributed by atoms with Crippen LogP contribution < -0.4 is 0 Å². The van der Waals surface area contributed by atoms with Gasteiger partial charge in [0.15, 0.2) is 0 Å². The zero-order chi connectivity index (χ0) is 17.4. The van der Waals surface area contributed by atoms with Gasteiger partial charge in [-0.3, -0.25) is 8.37 Å². The molecule has 22 heavy (non-hydrogen) atoms. The van der Waals surface area contributed by atoms with Gasteiger partial charge in [0.25, 0.3) is 20.2 Å². The fraction of sp³-hybridized carbons (Fsp3) is 0.857. The molecule has 0 N–H and O–H groups in total. The average Bonchev–Trinajstić information content (AvgIpc) is 2.35. The summed E-state index contributed by atoms with van der Waals surface area (Å²) in [6.45, 7) is 7.71. The molecule has 0 bridgehead atoms. The third-order valence-corrected chi connectivity index (χ3v) is 6.24. The molecular weight excluding hydrogens is 328 g/mol. The molecule has 0 saturated heterocycles. The van der Waals surface area contributed by atoms with Gasteiger partial charge in [-0.15, -0.1) is 0 Å². The molecule has 0 heterocycles. The van der Waals surface area contributed by atoms with E-state index in [4.69, 9.17) is 8.37 Å². The second-order valence-electron chi connectivity index (χ2n) is 6.73. The molecule has 0 fully saturated rings. The van der Waals surface area contributed by atoms with E-state index in [0.717, 1.165) is 12.5 Å². The van der Waals surface area contributed by atoms with Crippen LogP contribution in [0, 0.1) is 22.7 Å². The SMILES string of the molecule is C[C@@H]1C=C[C@H](C)[C@@](C)(COS(C)(=O)=O)[C@@]1(C)COS(C)(=O)=O. The largest absolute Gasteiger partial charge is 0.270 e. The number of hydrogen-bond acceptors (Lipinski definition) is 6. The van der Waals surface area contributed by atoms with Crippen molar-refractivity contribution in [3.8, 4) is 0 Å². The predicted molar refractivity (Wildman–Crippen MR) is 85.3 cm³/mol. The summed E-state index contributed by atoms with van der Waals surface area (Å²) < 4.78 is 55.6. The lowest BCUT2D eigenvalue weighted by Gasteiger charge is -2.53. The van der Waals surface area contributed by atoms with Gasteiger partial charge in [-0.2, -0.15) is 16.8 Å². The van der Waals surface area contributed by atoms with Crippen LogP contribution in [0.15, 0.2) is 12.2 Å². The second-order valence-corrected chi connectivity index (χ2v) is 10.0. The van der Waals surface area contributed by atoms with Gasteiger partial charge < -0.3 is 0 Å². The highest BCUT2D eigenvalue weighted by Crippen LogP contribution is 2.54. The molecule has 0 aromatic carbocycles. The minimum Gasteiger partial charge on any atom is -0.270 e. The Morgan fingerprint density at radius 3 is 1.32 bits per heavy atom. The van der Waals surface area contributed by atoms with Gasteiger partial charge in [0, 0.05) is 10.8 Å². The van der Waals surface area contributed by atoms with Gasteiger partial charge in [0.2, 0.25) is 0 Å². The van der Waals surface area contributed by atoms with Gasteiger partial charge in [-0.1, -0.05) is 39.8 Å². The maximum Gasteiger partial charge on any atom is 0.264 e. The summed E-state index contributed by atoms with van der Waals surface area (Å²) in [4.78, 5) is 0. The fourth-order valence-corrected chi connectivity index (χ4v) is 3.77. The molecule has 0 saturated carbocycles. The number of rotatable bonds is 6. The van der Waals surface area contributed by atoms with Crippen molar-refractivity contribution in [3.63, 3.8) is 0 Å². The molecule has 6 nitrogen and oxygen atoms in total. The van der Waals surface area contributed by atoms with E-state index >= 15 is 0 Å². The van der Waals surface area contributed by atoms with Gasteiger partial charge >= 0.3 is 0 Å². The summed E-state index contributed by atoms with van der Waals surface area (Å²) in [5.74, 6) is 0.0252. The summed E-state index contributed by atoms with van der Waals surface area (Å²) in [5.41, 5.74) is -1.18. The van der Waals surface area contributed by atoms with Crippen molar-refractivity contribution in [2.45, 2.75) is 27.7 Å². The Morgan fingerprint density at radius 1 is 0.818 bits per heavy atom. The average molecular weight is 354 g/mol. The van der Waals surface area contributed by atoms with Crippen molar-refractivity contribution < 1.29 is 25.2 Å². The third-order valence-electron chi connectivity index (χ3n) is 5.15. The summed E-state index contributed by atoms with van der Waals surface area (Å²) in [5, 5.41) is 0. The van der Waals surface area contributed by atoms with Crippen molar-refractivity contribution in [2.24, 2.45) is 22.7 Å². The Bertz CT molecular complexity index is 580. The molecule has 0 aliphatic heterocycles. The van der Waals surface area contributed by atoms with Gasteiger partial charge in [-0.05, 0) is 11.8 Å². The first kappa shape index (κ1) is 19.6. The van der Waals surface area contributed by atoms with Crippen LogP contribution in [0.25, 0.3) is 0 Å². The molecule has 1 rings (SSSR count). The number of hydrogen-bond donors (Lipinski definition) is 0. The molecule has 4 atom stereocenters. The van der Waals surface area contributed by atoms with E-state index in [9.17, 15) is 16.8 Å². The summed E-state index contributed by atoms with van der Waals surface area (Å²) in [6, 6.07) is 0. The monoisotopic (exact) mass is 354 g/mol. The van der Waals surface area contributed by atoms with Crippen LogP contribution in [0.5, 0.6) is 0 Å². The van der Waals surface area contributed by atoms with Crippen LogP contribution in [0.3, 0.4) is 0 Å². The highest BCUT2D eigenvalue weighted by atomic mass is 32.2. The molecule has 0 aromatic heterocycles. The van der Waals surface area contributed by atoms with Crippen molar-refractivity contribution >= 4 is 20.2 Å². The molecule has 0 spiro atoms. The predicted octanol–water partition coefficient (Wildman–Crippen LogP) is 1.79. The van der Waals surface area contributed by atoms with Crippen molar-refractivity contribution in [3.05, 3.63) is 12.2 Å². The minimum atomic E-state index is -3.58. The minimum absolute atomic E-state index is 0.0126. The molecule has 0 radical (unpaired) electrons. The topological polar surface area (TPSA) is 86.7 Å². The fourth-order valence-electron chi connectivity index (χ4n) is 2.85. The maximum atomic E-state index is 11.4. The third kappa shape index (κ3) is 4.31. The first-order valence-electron chi connectivity index (χ1n) is 7.08. The highest BCUT2D eigenvalue weighted by molar-refractivity contribution is 7.86. The van der Waals surface area contributed by atoms with Crippen LogP contribution in [0.2, 0.25) is 0 Å². The molecule has 1 aliphatic rings. The van der Waals surface area contributed by atoms with E-state index in [1.54, 1.807) is 0 Å². The molecule has 0 aromatic rings. The molecular formula is C14H26O6S2. The van der Waals surface area contributed by atoms with E-state index in [2.05, 4.69) is 0 Å². The second kappa shape index (κ2) is 6.22. The van der Waals surface area contributed by atoms with E-state index in [1.165, 1.54) is 0 Å². The van der Waals surface area contributed by atoms with E-state index < -0.39 is 31.1 Å². The summed E-state index contributed by atoms with van der Waals surface area (Å²) >= 11 is 0. The molecule has 1 aliphatic carbocycles. The standard InChI is InChI=1S/C14H26O6S2/c1-11-7-8-12(2)14(4,10-20-22(6,17)18)13(11,3)9-19-21(5,15)16/h7-8,11-12H,9-10H2,1-6H3/t11-,12+,13+,14-. The highest BCUT2D eigenvalue weighted by Gasteiger charge is 2.53. The molecule has 0 unspecified atom stereocenters. The number of allylic oxidation sites excluding steroid dienone is 2. The smallest absolute Gasteiger partial charge is 0.264 e.